The van der Waals surface area contributed by atoms with Crippen LogP contribution in [0.4, 0.5) is 0 Å². The highest BCUT2D eigenvalue weighted by molar-refractivity contribution is 7.93. The minimum atomic E-state index is -1.89. The molecule has 1 aromatic heterocycles. The fraction of sp³-hybridized carbons (Fsp3) is 0. The summed E-state index contributed by atoms with van der Waals surface area (Å²) in [6.07, 6.45) is 6.48. The van der Waals surface area contributed by atoms with E-state index in [0.29, 0.717) is 0 Å². The van der Waals surface area contributed by atoms with Crippen LogP contribution in [0, 0.1) is 0 Å². The highest BCUT2D eigenvalue weighted by Gasteiger charge is 2.22. The molecule has 0 saturated heterocycles. The maximum Gasteiger partial charge on any atom is 0.0705 e. The molecule has 0 aliphatic rings. The van der Waals surface area contributed by atoms with E-state index in [0.717, 1.165) is 5.44 Å². The lowest BCUT2D eigenvalue weighted by atomic mass is 10.4. The fourth-order valence-electron chi connectivity index (χ4n) is 2.36. The highest BCUT2D eigenvalue weighted by Crippen LogP contribution is 2.40. The fourth-order valence-corrected chi connectivity index (χ4v) is 5.15. The lowest BCUT2D eigenvalue weighted by Crippen LogP contribution is -2.26. The quantitative estimate of drug-likeness (QED) is 0.671. The normalized spacial score (nSPS) is 11.2. The largest absolute Gasteiger partial charge is 0.256 e. The van der Waals surface area contributed by atoms with Gasteiger partial charge in [0.2, 0.25) is 0 Å². The number of aromatic nitrogens is 1. The Hall–Kier alpha value is -2.11. The molecule has 0 aliphatic heterocycles. The molecule has 1 heterocycles. The molecule has 3 rings (SSSR count). The Bertz CT molecular complexity index is 618. The summed E-state index contributed by atoms with van der Waals surface area (Å²) in [5.74, 6) is 0. The van der Waals surface area contributed by atoms with E-state index in [2.05, 4.69) is 65.9 Å². The van der Waals surface area contributed by atoms with Gasteiger partial charge in [0.25, 0.3) is 0 Å². The topological polar surface area (TPSA) is 12.9 Å². The van der Waals surface area contributed by atoms with E-state index in [1.807, 2.05) is 30.5 Å². The Morgan fingerprint density at radius 1 is 0.650 bits per heavy atom. The minimum absolute atomic E-state index is 1.07. The van der Waals surface area contributed by atoms with Crippen LogP contribution in [0.15, 0.2) is 85.1 Å². The van der Waals surface area contributed by atoms with Gasteiger partial charge in [-0.2, -0.15) is 0 Å². The molecule has 0 unspecified atom stereocenters. The van der Waals surface area contributed by atoms with Gasteiger partial charge < -0.3 is 0 Å². The van der Waals surface area contributed by atoms with Crippen LogP contribution in [0.5, 0.6) is 0 Å². The molecule has 1 nitrogen and oxygen atoms in total. The minimum Gasteiger partial charge on any atom is -0.256 e. The first-order valence-corrected chi connectivity index (χ1v) is 8.55. The van der Waals surface area contributed by atoms with Crippen LogP contribution in [0.25, 0.3) is 0 Å². The molecule has 0 amide bonds. The molecule has 2 heteroatoms. The van der Waals surface area contributed by atoms with Gasteiger partial charge in [0.05, 0.1) is 5.44 Å². The summed E-state index contributed by atoms with van der Waals surface area (Å²) in [6, 6.07) is 27.0. The molecule has 0 fully saturated rings. The number of hydrogen-bond acceptors (Lipinski definition) is 1. The Morgan fingerprint density at radius 3 is 1.60 bits per heavy atom. The van der Waals surface area contributed by atoms with E-state index in [9.17, 15) is 0 Å². The maximum atomic E-state index is 4.63. The molecule has 98 valence electrons. The van der Waals surface area contributed by atoms with Gasteiger partial charge in [-0.05, 0) is 29.6 Å². The lowest BCUT2D eigenvalue weighted by Gasteiger charge is -2.25. The van der Waals surface area contributed by atoms with Crippen LogP contribution in [0.2, 0.25) is 0 Å². The molecule has 0 saturated carbocycles. The molecule has 0 aliphatic carbocycles. The van der Waals surface area contributed by atoms with Crippen molar-refractivity contribution in [3.05, 3.63) is 85.1 Å². The molecule has 0 bridgehead atoms. The molecule has 0 atom stereocenters. The first-order chi connectivity index (χ1) is 9.82. The first kappa shape index (κ1) is 12.9. The summed E-state index contributed by atoms with van der Waals surface area (Å²) < 4.78 is 0. The van der Waals surface area contributed by atoms with Crippen molar-refractivity contribution in [1.82, 2.24) is 4.98 Å². The Morgan fingerprint density at radius 2 is 1.15 bits per heavy atom. The van der Waals surface area contributed by atoms with Gasteiger partial charge in [0.15, 0.2) is 0 Å². The van der Waals surface area contributed by atoms with Crippen LogP contribution in [0.1, 0.15) is 0 Å². The summed E-state index contributed by atoms with van der Waals surface area (Å²) in [4.78, 5) is 4.59. The van der Waals surface area contributed by atoms with Crippen molar-refractivity contribution >= 4 is 29.2 Å². The summed E-state index contributed by atoms with van der Waals surface area (Å²) >= 11 is 0. The predicted molar refractivity (Wildman–Crippen MR) is 90.1 cm³/mol. The van der Waals surface area contributed by atoms with Crippen LogP contribution in [0.3, 0.4) is 0 Å². The van der Waals surface area contributed by atoms with Crippen molar-refractivity contribution in [3.8, 4) is 0 Å². The van der Waals surface area contributed by atoms with Crippen molar-refractivity contribution < 1.29 is 0 Å². The Kier molecular flexibility index (Phi) is 3.54. The van der Waals surface area contributed by atoms with Gasteiger partial charge in [-0.1, -0.05) is 73.0 Å². The van der Waals surface area contributed by atoms with Gasteiger partial charge in [-0.3, -0.25) is 4.98 Å². The smallest absolute Gasteiger partial charge is 0.0705 e. The Balaban J connectivity index is 2.27. The standard InChI is InChI=1S/C18H16NP/c1-20(16-10-4-2-5-11-16,17-12-6-3-7-13-17)18-14-8-9-15-19-18/h2-15H,1H2. The third-order valence-corrected chi connectivity index (χ3v) is 6.84. The molecule has 0 spiro atoms. The van der Waals surface area contributed by atoms with Crippen molar-refractivity contribution in [3.63, 3.8) is 0 Å². The molecule has 2 aromatic carbocycles. The monoisotopic (exact) mass is 277 g/mol. The number of nitrogens with zero attached hydrogens (tertiary/aromatic N) is 1. The van der Waals surface area contributed by atoms with Crippen LogP contribution < -0.4 is 16.0 Å². The zero-order valence-corrected chi connectivity index (χ0v) is 12.1. The number of pyridine rings is 1. The van der Waals surface area contributed by atoms with E-state index in [-0.39, 0.29) is 0 Å². The average molecular weight is 277 g/mol. The zero-order valence-electron chi connectivity index (χ0n) is 11.2. The predicted octanol–water partition coefficient (Wildman–Crippen LogP) is 2.81. The summed E-state index contributed by atoms with van der Waals surface area (Å²) in [7, 11) is 0. The zero-order chi connectivity index (χ0) is 13.8. The van der Waals surface area contributed by atoms with E-state index in [1.165, 1.54) is 10.6 Å². The van der Waals surface area contributed by atoms with E-state index in [4.69, 9.17) is 0 Å². The van der Waals surface area contributed by atoms with Gasteiger partial charge in [0, 0.05) is 6.20 Å². The molecule has 3 aromatic rings. The van der Waals surface area contributed by atoms with Crippen molar-refractivity contribution in [2.24, 2.45) is 0 Å². The van der Waals surface area contributed by atoms with Crippen molar-refractivity contribution in [1.29, 1.82) is 0 Å². The summed E-state index contributed by atoms with van der Waals surface area (Å²) in [6.45, 7) is -1.89. The molecule has 0 radical (unpaired) electrons. The van der Waals surface area contributed by atoms with E-state index < -0.39 is 6.89 Å². The number of rotatable bonds is 3. The highest BCUT2D eigenvalue weighted by atomic mass is 31.2. The van der Waals surface area contributed by atoms with Gasteiger partial charge in [-0.15, -0.1) is 0 Å². The second-order valence-electron chi connectivity index (χ2n) is 4.67. The molecule has 20 heavy (non-hydrogen) atoms. The third kappa shape index (κ3) is 2.21. The average Bonchev–Trinajstić information content (AvgIpc) is 2.56. The van der Waals surface area contributed by atoms with Gasteiger partial charge in [-0.25, -0.2) is 0 Å². The van der Waals surface area contributed by atoms with Gasteiger partial charge >= 0.3 is 0 Å². The summed E-state index contributed by atoms with van der Waals surface area (Å²) in [5.41, 5.74) is 1.07. The maximum absolute atomic E-state index is 4.63. The van der Waals surface area contributed by atoms with Crippen molar-refractivity contribution in [2.75, 3.05) is 0 Å². The second kappa shape index (κ2) is 5.48. The number of hydrogen-bond donors (Lipinski definition) is 0. The Labute approximate surface area is 119 Å². The van der Waals surface area contributed by atoms with E-state index >= 15 is 0 Å². The van der Waals surface area contributed by atoms with Crippen LogP contribution in [-0.4, -0.2) is 11.3 Å². The number of benzene rings is 2. The third-order valence-electron chi connectivity index (χ3n) is 3.43. The second-order valence-corrected chi connectivity index (χ2v) is 7.78. The van der Waals surface area contributed by atoms with Crippen LogP contribution in [-0.2, 0) is 0 Å². The van der Waals surface area contributed by atoms with E-state index in [1.54, 1.807) is 0 Å². The SMILES string of the molecule is C=P(c1ccccc1)(c1ccccc1)c1ccccn1. The van der Waals surface area contributed by atoms with Crippen molar-refractivity contribution in [2.45, 2.75) is 0 Å². The molecular formula is C18H16NP. The van der Waals surface area contributed by atoms with Gasteiger partial charge in [0.1, 0.15) is 0 Å². The lowest BCUT2D eigenvalue weighted by molar-refractivity contribution is 1.39. The molecule has 0 N–H and O–H groups in total. The summed E-state index contributed by atoms with van der Waals surface area (Å²) in [5, 5.41) is 2.51. The first-order valence-electron chi connectivity index (χ1n) is 6.58. The van der Waals surface area contributed by atoms with Crippen LogP contribution >= 0.6 is 6.89 Å². The molecular weight excluding hydrogens is 261 g/mol.